The Kier molecular flexibility index (Phi) is 4.92. The third kappa shape index (κ3) is 4.82. The zero-order chi connectivity index (χ0) is 8.85. The lowest BCUT2D eigenvalue weighted by Crippen LogP contribution is -2.15. The van der Waals surface area contributed by atoms with Crippen molar-refractivity contribution in [3.63, 3.8) is 0 Å². The predicted octanol–water partition coefficient (Wildman–Crippen LogP) is 2.53. The molecule has 0 aromatic rings. The van der Waals surface area contributed by atoms with Gasteiger partial charge in [0.05, 0.1) is 5.92 Å². The van der Waals surface area contributed by atoms with Crippen molar-refractivity contribution in [1.82, 2.24) is 0 Å². The van der Waals surface area contributed by atoms with Crippen molar-refractivity contribution in [3.05, 3.63) is 0 Å². The Balaban J connectivity index is 3.79. The maximum absolute atomic E-state index is 10.6. The van der Waals surface area contributed by atoms with Crippen molar-refractivity contribution < 1.29 is 9.90 Å². The van der Waals surface area contributed by atoms with Gasteiger partial charge in [0.15, 0.2) is 0 Å². The fraction of sp³-hybridized carbons (Fsp3) is 0.889. The second kappa shape index (κ2) is 5.16. The third-order valence-electron chi connectivity index (χ3n) is 1.74. The lowest BCUT2D eigenvalue weighted by molar-refractivity contribution is -0.142. The monoisotopic (exact) mass is 158 g/mol. The van der Waals surface area contributed by atoms with Crippen LogP contribution in [0, 0.1) is 11.8 Å². The van der Waals surface area contributed by atoms with Gasteiger partial charge in [0.1, 0.15) is 0 Å². The van der Waals surface area contributed by atoms with Crippen LogP contribution in [-0.4, -0.2) is 11.1 Å². The van der Waals surface area contributed by atoms with E-state index >= 15 is 0 Å². The molecule has 66 valence electrons. The Hall–Kier alpha value is -0.530. The van der Waals surface area contributed by atoms with Crippen LogP contribution >= 0.6 is 0 Å². The van der Waals surface area contributed by atoms with E-state index in [1.165, 1.54) is 0 Å². The Morgan fingerprint density at radius 1 is 1.45 bits per heavy atom. The van der Waals surface area contributed by atoms with Crippen LogP contribution in [-0.2, 0) is 4.79 Å². The number of aliphatic carboxylic acids is 1. The van der Waals surface area contributed by atoms with Gasteiger partial charge in [-0.3, -0.25) is 4.79 Å². The molecular weight excluding hydrogens is 140 g/mol. The second-order valence-electron chi connectivity index (χ2n) is 3.45. The van der Waals surface area contributed by atoms with Crippen LogP contribution in [0.1, 0.15) is 40.0 Å². The molecule has 11 heavy (non-hydrogen) atoms. The van der Waals surface area contributed by atoms with E-state index in [1.54, 1.807) is 0 Å². The van der Waals surface area contributed by atoms with E-state index in [4.69, 9.17) is 5.11 Å². The molecule has 0 aliphatic heterocycles. The van der Waals surface area contributed by atoms with Crippen LogP contribution in [0.2, 0.25) is 0 Å². The molecule has 0 fully saturated rings. The van der Waals surface area contributed by atoms with Crippen LogP contribution in [0.3, 0.4) is 0 Å². The summed E-state index contributed by atoms with van der Waals surface area (Å²) in [6.07, 6.45) is 2.58. The minimum absolute atomic E-state index is 0.125. The number of hydrogen-bond acceptors (Lipinski definition) is 1. The molecule has 0 amide bonds. The standard InChI is InChI=1S/C9H18O2/c1-4-5-8(9(10)11)6-7(2)3/h7-8H,4-6H2,1-3H3,(H,10,11)/t8-/m1/s1. The van der Waals surface area contributed by atoms with Crippen molar-refractivity contribution in [2.45, 2.75) is 40.0 Å². The van der Waals surface area contributed by atoms with Crippen molar-refractivity contribution in [1.29, 1.82) is 0 Å². The largest absolute Gasteiger partial charge is 0.481 e. The molecule has 0 bridgehead atoms. The minimum atomic E-state index is -0.638. The third-order valence-corrected chi connectivity index (χ3v) is 1.74. The number of carboxylic acids is 1. The first-order valence-corrected chi connectivity index (χ1v) is 4.30. The Morgan fingerprint density at radius 2 is 2.00 bits per heavy atom. The first kappa shape index (κ1) is 10.5. The average Bonchev–Trinajstić information content (AvgIpc) is 1.86. The molecule has 0 aromatic heterocycles. The molecule has 0 unspecified atom stereocenters. The summed E-state index contributed by atoms with van der Waals surface area (Å²) in [5.41, 5.74) is 0. The number of carbonyl (C=O) groups is 1. The maximum Gasteiger partial charge on any atom is 0.306 e. The lowest BCUT2D eigenvalue weighted by Gasteiger charge is -2.12. The fourth-order valence-corrected chi connectivity index (χ4v) is 1.26. The smallest absolute Gasteiger partial charge is 0.306 e. The van der Waals surface area contributed by atoms with E-state index in [0.29, 0.717) is 5.92 Å². The summed E-state index contributed by atoms with van der Waals surface area (Å²) in [6, 6.07) is 0. The van der Waals surface area contributed by atoms with E-state index in [0.717, 1.165) is 19.3 Å². The van der Waals surface area contributed by atoms with E-state index in [-0.39, 0.29) is 5.92 Å². The Labute approximate surface area is 68.6 Å². The molecule has 0 aliphatic carbocycles. The van der Waals surface area contributed by atoms with Gasteiger partial charge in [-0.1, -0.05) is 27.2 Å². The van der Waals surface area contributed by atoms with Gasteiger partial charge in [-0.05, 0) is 18.8 Å². The molecule has 0 saturated carbocycles. The van der Waals surface area contributed by atoms with Crippen LogP contribution in [0.5, 0.6) is 0 Å². The minimum Gasteiger partial charge on any atom is -0.481 e. The van der Waals surface area contributed by atoms with Gasteiger partial charge in [-0.25, -0.2) is 0 Å². The van der Waals surface area contributed by atoms with Crippen LogP contribution in [0.4, 0.5) is 0 Å². The molecule has 2 nitrogen and oxygen atoms in total. The molecule has 1 atom stereocenters. The highest BCUT2D eigenvalue weighted by Crippen LogP contribution is 2.16. The molecule has 0 radical (unpaired) electrons. The number of hydrogen-bond donors (Lipinski definition) is 1. The van der Waals surface area contributed by atoms with Gasteiger partial charge >= 0.3 is 5.97 Å². The summed E-state index contributed by atoms with van der Waals surface area (Å²) in [7, 11) is 0. The first-order chi connectivity index (χ1) is 5.07. The summed E-state index contributed by atoms with van der Waals surface area (Å²) in [5, 5.41) is 8.75. The highest BCUT2D eigenvalue weighted by atomic mass is 16.4. The van der Waals surface area contributed by atoms with Crippen molar-refractivity contribution in [2.75, 3.05) is 0 Å². The quantitative estimate of drug-likeness (QED) is 0.667. The number of carboxylic acid groups (broad SMARTS) is 1. The number of rotatable bonds is 5. The zero-order valence-corrected chi connectivity index (χ0v) is 7.63. The summed E-state index contributed by atoms with van der Waals surface area (Å²) in [6.45, 7) is 6.15. The summed E-state index contributed by atoms with van der Waals surface area (Å²) in [4.78, 5) is 10.6. The highest BCUT2D eigenvalue weighted by molar-refractivity contribution is 5.69. The molecule has 0 spiro atoms. The molecule has 0 heterocycles. The van der Waals surface area contributed by atoms with Crippen LogP contribution in [0.25, 0.3) is 0 Å². The van der Waals surface area contributed by atoms with E-state index in [1.807, 2.05) is 6.92 Å². The zero-order valence-electron chi connectivity index (χ0n) is 7.63. The van der Waals surface area contributed by atoms with Crippen molar-refractivity contribution in [3.8, 4) is 0 Å². The molecule has 0 aliphatic rings. The van der Waals surface area contributed by atoms with Crippen LogP contribution < -0.4 is 0 Å². The summed E-state index contributed by atoms with van der Waals surface area (Å²) in [5.74, 6) is -0.275. The van der Waals surface area contributed by atoms with Gasteiger partial charge in [0.2, 0.25) is 0 Å². The molecular formula is C9H18O2. The normalized spacial score (nSPS) is 13.5. The summed E-state index contributed by atoms with van der Waals surface area (Å²) >= 11 is 0. The molecule has 0 aromatic carbocycles. The molecule has 2 heteroatoms. The van der Waals surface area contributed by atoms with Crippen LogP contribution in [0.15, 0.2) is 0 Å². The topological polar surface area (TPSA) is 37.3 Å². The predicted molar refractivity (Wildman–Crippen MR) is 45.5 cm³/mol. The summed E-state index contributed by atoms with van der Waals surface area (Å²) < 4.78 is 0. The van der Waals surface area contributed by atoms with Gasteiger partial charge < -0.3 is 5.11 Å². The Bertz CT molecular complexity index is 119. The van der Waals surface area contributed by atoms with E-state index in [9.17, 15) is 4.79 Å². The maximum atomic E-state index is 10.6. The lowest BCUT2D eigenvalue weighted by atomic mass is 9.93. The average molecular weight is 158 g/mol. The fourth-order valence-electron chi connectivity index (χ4n) is 1.26. The molecule has 1 N–H and O–H groups in total. The molecule has 0 saturated heterocycles. The highest BCUT2D eigenvalue weighted by Gasteiger charge is 2.16. The van der Waals surface area contributed by atoms with Crippen molar-refractivity contribution in [2.24, 2.45) is 11.8 Å². The SMILES string of the molecule is CCC[C@H](CC(C)C)C(=O)O. The van der Waals surface area contributed by atoms with Crippen molar-refractivity contribution >= 4 is 5.97 Å². The van der Waals surface area contributed by atoms with Gasteiger partial charge in [-0.15, -0.1) is 0 Å². The van der Waals surface area contributed by atoms with Gasteiger partial charge in [0, 0.05) is 0 Å². The first-order valence-electron chi connectivity index (χ1n) is 4.30. The van der Waals surface area contributed by atoms with Gasteiger partial charge in [-0.2, -0.15) is 0 Å². The Morgan fingerprint density at radius 3 is 2.27 bits per heavy atom. The van der Waals surface area contributed by atoms with E-state index in [2.05, 4.69) is 13.8 Å². The van der Waals surface area contributed by atoms with E-state index < -0.39 is 5.97 Å². The van der Waals surface area contributed by atoms with Gasteiger partial charge in [0.25, 0.3) is 0 Å². The second-order valence-corrected chi connectivity index (χ2v) is 3.45. The molecule has 0 rings (SSSR count).